The minimum absolute atomic E-state index is 0.435. The summed E-state index contributed by atoms with van der Waals surface area (Å²) >= 11 is 0. The molecule has 0 aromatic heterocycles. The Labute approximate surface area is 75.4 Å². The molecule has 0 aromatic rings. The molecule has 68 valence electrons. The van der Waals surface area contributed by atoms with Crippen LogP contribution in [0.5, 0.6) is 0 Å². The monoisotopic (exact) mass is 186 g/mol. The summed E-state index contributed by atoms with van der Waals surface area (Å²) in [7, 11) is 1.14. The lowest BCUT2D eigenvalue weighted by molar-refractivity contribution is 0.331. The van der Waals surface area contributed by atoms with E-state index in [-0.39, 0.29) is 0 Å². The second-order valence-electron chi connectivity index (χ2n) is 3.57. The first-order chi connectivity index (χ1) is 5.81. The van der Waals surface area contributed by atoms with Crippen molar-refractivity contribution in [2.45, 2.75) is 36.2 Å². The molecular weight excluding hydrogens is 172 g/mol. The zero-order valence-electron chi connectivity index (χ0n) is 7.29. The first-order valence-electron chi connectivity index (χ1n) is 4.41. The normalized spacial score (nSPS) is 39.8. The smallest absolute Gasteiger partial charge is 0.0817 e. The Hall–Kier alpha value is -0.310. The molecule has 0 N–H and O–H groups in total. The third-order valence-electron chi connectivity index (χ3n) is 2.73. The molecule has 2 aliphatic rings. The zero-order valence-corrected chi connectivity index (χ0v) is 8.10. The number of fused-ring (bicyclic) bond motifs is 2. The van der Waals surface area contributed by atoms with Gasteiger partial charge in [-0.15, -0.1) is 0 Å². The molecule has 0 aromatic carbocycles. The van der Waals surface area contributed by atoms with Gasteiger partial charge < -0.3 is 4.74 Å². The van der Waals surface area contributed by atoms with Gasteiger partial charge in [0.15, 0.2) is 0 Å². The number of ether oxygens (including phenoxy) is 1. The molecule has 2 heterocycles. The van der Waals surface area contributed by atoms with Crippen LogP contribution in [0.1, 0.15) is 25.7 Å². The van der Waals surface area contributed by atoms with Gasteiger partial charge in [-0.2, -0.15) is 0 Å². The molecular formula is C9H14O2S. The van der Waals surface area contributed by atoms with Crippen molar-refractivity contribution >= 4 is 10.8 Å². The van der Waals surface area contributed by atoms with E-state index in [1.807, 2.05) is 6.26 Å². The summed E-state index contributed by atoms with van der Waals surface area (Å²) in [5, 5.41) is 0.871. The van der Waals surface area contributed by atoms with Crippen molar-refractivity contribution in [2.75, 3.05) is 7.11 Å². The number of hydrogen-bond donors (Lipinski definition) is 0. The highest BCUT2D eigenvalue weighted by molar-refractivity contribution is 7.86. The van der Waals surface area contributed by atoms with Crippen molar-refractivity contribution < 1.29 is 8.95 Å². The van der Waals surface area contributed by atoms with Crippen LogP contribution in [0.3, 0.4) is 0 Å². The van der Waals surface area contributed by atoms with E-state index in [9.17, 15) is 4.21 Å². The molecule has 2 rings (SSSR count). The van der Waals surface area contributed by atoms with E-state index >= 15 is 0 Å². The van der Waals surface area contributed by atoms with E-state index < -0.39 is 10.8 Å². The molecule has 0 spiro atoms. The van der Waals surface area contributed by atoms with Crippen LogP contribution in [-0.2, 0) is 15.5 Å². The van der Waals surface area contributed by atoms with Gasteiger partial charge in [-0.25, -0.2) is 0 Å². The number of hydrogen-bond acceptors (Lipinski definition) is 2. The molecule has 12 heavy (non-hydrogen) atoms. The Bertz CT molecular complexity index is 217. The van der Waals surface area contributed by atoms with Crippen LogP contribution in [0, 0.1) is 0 Å². The predicted molar refractivity (Wildman–Crippen MR) is 49.3 cm³/mol. The van der Waals surface area contributed by atoms with E-state index in [0.29, 0.717) is 10.5 Å². The van der Waals surface area contributed by atoms with Gasteiger partial charge in [0.2, 0.25) is 0 Å². The van der Waals surface area contributed by atoms with Crippen molar-refractivity contribution in [3.63, 3.8) is 0 Å². The van der Waals surface area contributed by atoms with Gasteiger partial charge in [0, 0.05) is 21.3 Å². The molecule has 0 radical (unpaired) electrons. The molecule has 2 nitrogen and oxygen atoms in total. The third kappa shape index (κ3) is 1.30. The van der Waals surface area contributed by atoms with E-state index in [0.717, 1.165) is 25.7 Å². The molecule has 2 bridgehead atoms. The summed E-state index contributed by atoms with van der Waals surface area (Å²) in [6.45, 7) is 0. The number of methoxy groups -OCH3 is 1. The Morgan fingerprint density at radius 3 is 2.50 bits per heavy atom. The summed E-state index contributed by atoms with van der Waals surface area (Å²) in [5.41, 5.74) is 1.35. The zero-order chi connectivity index (χ0) is 8.55. The molecule has 0 amide bonds. The lowest BCUT2D eigenvalue weighted by Crippen LogP contribution is -2.23. The summed E-state index contributed by atoms with van der Waals surface area (Å²) in [4.78, 5) is 0. The SMILES string of the molecule is COC=C1CC2CCC(C1)S2=O. The largest absolute Gasteiger partial charge is 0.504 e. The quantitative estimate of drug-likeness (QED) is 0.581. The molecule has 3 heteroatoms. The van der Waals surface area contributed by atoms with Crippen LogP contribution in [0.15, 0.2) is 11.8 Å². The molecule has 2 fully saturated rings. The Morgan fingerprint density at radius 1 is 1.42 bits per heavy atom. The highest BCUT2D eigenvalue weighted by Crippen LogP contribution is 2.38. The fraction of sp³-hybridized carbons (Fsp3) is 0.778. The second kappa shape index (κ2) is 3.21. The minimum Gasteiger partial charge on any atom is -0.504 e. The van der Waals surface area contributed by atoms with Crippen molar-refractivity contribution in [1.82, 2.24) is 0 Å². The molecule has 2 atom stereocenters. The number of allylic oxidation sites excluding steroid dienone is 1. The highest BCUT2D eigenvalue weighted by Gasteiger charge is 2.38. The van der Waals surface area contributed by atoms with Crippen molar-refractivity contribution in [1.29, 1.82) is 0 Å². The van der Waals surface area contributed by atoms with Gasteiger partial charge in [-0.05, 0) is 31.3 Å². The predicted octanol–water partition coefficient (Wildman–Crippen LogP) is 1.59. The van der Waals surface area contributed by atoms with Gasteiger partial charge in [0.1, 0.15) is 0 Å². The third-order valence-corrected chi connectivity index (χ3v) is 4.85. The van der Waals surface area contributed by atoms with Crippen molar-refractivity contribution in [3.05, 3.63) is 11.8 Å². The lowest BCUT2D eigenvalue weighted by Gasteiger charge is -2.20. The van der Waals surface area contributed by atoms with Crippen LogP contribution >= 0.6 is 0 Å². The summed E-state index contributed by atoms with van der Waals surface area (Å²) in [6, 6.07) is 0. The molecule has 2 aliphatic heterocycles. The maximum atomic E-state index is 11.6. The number of rotatable bonds is 1. The second-order valence-corrected chi connectivity index (χ2v) is 5.56. The minimum atomic E-state index is -0.539. The fourth-order valence-electron chi connectivity index (χ4n) is 2.18. The van der Waals surface area contributed by atoms with Crippen molar-refractivity contribution in [2.24, 2.45) is 0 Å². The maximum absolute atomic E-state index is 11.6. The molecule has 2 unspecified atom stereocenters. The Balaban J connectivity index is 2.12. The first kappa shape index (κ1) is 8.30. The van der Waals surface area contributed by atoms with Crippen molar-refractivity contribution in [3.8, 4) is 0 Å². The van der Waals surface area contributed by atoms with Crippen LogP contribution in [0.2, 0.25) is 0 Å². The first-order valence-corrected chi connectivity index (χ1v) is 5.69. The Morgan fingerprint density at radius 2 is 2.00 bits per heavy atom. The maximum Gasteiger partial charge on any atom is 0.0817 e. The van der Waals surface area contributed by atoms with Crippen LogP contribution in [0.4, 0.5) is 0 Å². The highest BCUT2D eigenvalue weighted by atomic mass is 32.2. The molecule has 0 saturated carbocycles. The summed E-state index contributed by atoms with van der Waals surface area (Å²) < 4.78 is 16.6. The van der Waals surface area contributed by atoms with E-state index in [1.54, 1.807) is 7.11 Å². The lowest BCUT2D eigenvalue weighted by atomic mass is 10.1. The van der Waals surface area contributed by atoms with Gasteiger partial charge >= 0.3 is 0 Å². The van der Waals surface area contributed by atoms with Crippen LogP contribution < -0.4 is 0 Å². The van der Waals surface area contributed by atoms with Gasteiger partial charge in [-0.1, -0.05) is 0 Å². The van der Waals surface area contributed by atoms with Crippen LogP contribution in [0.25, 0.3) is 0 Å². The van der Waals surface area contributed by atoms with E-state index in [4.69, 9.17) is 4.74 Å². The van der Waals surface area contributed by atoms with Gasteiger partial charge in [0.05, 0.1) is 13.4 Å². The average molecular weight is 186 g/mol. The summed E-state index contributed by atoms with van der Waals surface area (Å²) in [5.74, 6) is 0. The molecule has 0 aliphatic carbocycles. The fourth-order valence-corrected chi connectivity index (χ4v) is 4.21. The van der Waals surface area contributed by atoms with Gasteiger partial charge in [0.25, 0.3) is 0 Å². The van der Waals surface area contributed by atoms with Crippen LogP contribution in [-0.4, -0.2) is 21.8 Å². The van der Waals surface area contributed by atoms with E-state index in [2.05, 4.69) is 0 Å². The van der Waals surface area contributed by atoms with E-state index in [1.165, 1.54) is 5.57 Å². The standard InChI is InChI=1S/C9H14O2S/c1-11-6-7-4-8-2-3-9(5-7)12(8)10/h6,8-9H,2-5H2,1H3. The average Bonchev–Trinajstić information content (AvgIpc) is 2.33. The van der Waals surface area contributed by atoms with Gasteiger partial charge in [-0.3, -0.25) is 4.21 Å². The Kier molecular flexibility index (Phi) is 2.22. The topological polar surface area (TPSA) is 26.3 Å². The molecule has 2 saturated heterocycles. The summed E-state index contributed by atoms with van der Waals surface area (Å²) in [6.07, 6.45) is 6.13.